The normalized spacial score (nSPS) is 22.4. The molecule has 0 bridgehead atoms. The van der Waals surface area contributed by atoms with Gasteiger partial charge >= 0.3 is 168 Å². The minimum absolute atomic E-state index is 0.168. The van der Waals surface area contributed by atoms with E-state index in [1.807, 2.05) is 19.1 Å². The molecule has 0 N–H and O–H groups in total. The first kappa shape index (κ1) is 20.9. The van der Waals surface area contributed by atoms with Gasteiger partial charge in [0.1, 0.15) is 0 Å². The Kier molecular flexibility index (Phi) is 7.02. The van der Waals surface area contributed by atoms with Gasteiger partial charge in [-0.15, -0.1) is 0 Å². The molecule has 5 heteroatoms. The van der Waals surface area contributed by atoms with Crippen molar-refractivity contribution in [3.05, 3.63) is 22.3 Å². The van der Waals surface area contributed by atoms with Gasteiger partial charge in [0, 0.05) is 0 Å². The van der Waals surface area contributed by atoms with Gasteiger partial charge in [-0.25, -0.2) is 0 Å². The summed E-state index contributed by atoms with van der Waals surface area (Å²) >= 11 is -3.61. The van der Waals surface area contributed by atoms with Gasteiger partial charge in [-0.05, 0) is 0 Å². The fraction of sp³-hybridized carbons (Fsp3) is 0.727. The third kappa shape index (κ3) is 4.59. The van der Waals surface area contributed by atoms with Crippen LogP contribution in [0, 0.1) is 0 Å². The number of hydrogen-bond acceptors (Lipinski definition) is 4. The Morgan fingerprint density at radius 2 is 1.52 bits per heavy atom. The standard InChI is InChI=1S/C13H17.2C4H8O2.CH3.Ti/c1-3-7-12-10(5-1)9-11-6-2-4-8-13(11)12;2*1-2-3-4(5)6;;/h5H,1-4,6-9H2;2*2-3H2,1H3,(H,5,6);1H3;/q;;;;+2/p-2. The van der Waals surface area contributed by atoms with Crippen molar-refractivity contribution in [3.8, 4) is 0 Å². The van der Waals surface area contributed by atoms with E-state index in [0.29, 0.717) is 12.8 Å². The second-order valence-electron chi connectivity index (χ2n) is 8.38. The molecular weight excluding hydrogens is 376 g/mol. The molecule has 0 heterocycles. The van der Waals surface area contributed by atoms with E-state index < -0.39 is 17.4 Å². The number of allylic oxidation sites excluding steroid dienone is 4. The van der Waals surface area contributed by atoms with Crippen LogP contribution >= 0.6 is 0 Å². The van der Waals surface area contributed by atoms with Crippen LogP contribution < -0.4 is 0 Å². The molecule has 0 aromatic heterocycles. The molecule has 4 nitrogen and oxygen atoms in total. The molecule has 0 amide bonds. The Labute approximate surface area is 168 Å². The fourth-order valence-corrected chi connectivity index (χ4v) is 9.86. The van der Waals surface area contributed by atoms with Gasteiger partial charge in [0.2, 0.25) is 0 Å². The Balaban J connectivity index is 1.88. The zero-order valence-corrected chi connectivity index (χ0v) is 18.8. The van der Waals surface area contributed by atoms with Gasteiger partial charge in [0.25, 0.3) is 0 Å². The Hall–Kier alpha value is -0.866. The minimum atomic E-state index is -3.61. The summed E-state index contributed by atoms with van der Waals surface area (Å²) in [5.74, 6) is -0.375. The first-order valence-corrected chi connectivity index (χ1v) is 14.6. The molecule has 27 heavy (non-hydrogen) atoms. The fourth-order valence-electron chi connectivity index (χ4n) is 5.06. The maximum absolute atomic E-state index is 12.4. The van der Waals surface area contributed by atoms with Crippen LogP contribution in [-0.2, 0) is 33.6 Å². The quantitative estimate of drug-likeness (QED) is 0.466. The molecule has 1 atom stereocenters. The van der Waals surface area contributed by atoms with Crippen molar-refractivity contribution >= 4 is 11.9 Å². The molecule has 150 valence electrons. The van der Waals surface area contributed by atoms with E-state index in [0.717, 1.165) is 38.5 Å². The second-order valence-corrected chi connectivity index (χ2v) is 13.3. The van der Waals surface area contributed by atoms with Crippen molar-refractivity contribution < 1.29 is 33.6 Å². The van der Waals surface area contributed by atoms with E-state index in [4.69, 9.17) is 6.64 Å². The summed E-state index contributed by atoms with van der Waals surface area (Å²) in [5, 5.41) is 2.00. The van der Waals surface area contributed by atoms with Gasteiger partial charge in [-0.3, -0.25) is 0 Å². The van der Waals surface area contributed by atoms with Crippen LogP contribution in [0.15, 0.2) is 22.3 Å². The topological polar surface area (TPSA) is 52.6 Å². The van der Waals surface area contributed by atoms with Crippen molar-refractivity contribution in [2.45, 2.75) is 100 Å². The number of hydrogen-bond donors (Lipinski definition) is 0. The average Bonchev–Trinajstić information content (AvgIpc) is 3.00. The van der Waals surface area contributed by atoms with E-state index in [2.05, 4.69) is 0 Å². The van der Waals surface area contributed by atoms with Gasteiger partial charge in [0.05, 0.1) is 0 Å². The Morgan fingerprint density at radius 3 is 2.15 bits per heavy atom. The summed E-state index contributed by atoms with van der Waals surface area (Å²) in [5.41, 5.74) is 6.22. The molecule has 0 aromatic carbocycles. The van der Waals surface area contributed by atoms with Crippen molar-refractivity contribution in [1.29, 1.82) is 0 Å². The first-order valence-electron chi connectivity index (χ1n) is 10.8. The van der Waals surface area contributed by atoms with Crippen molar-refractivity contribution in [1.82, 2.24) is 0 Å². The molecule has 3 rings (SSSR count). The van der Waals surface area contributed by atoms with E-state index in [9.17, 15) is 9.59 Å². The predicted molar refractivity (Wildman–Crippen MR) is 103 cm³/mol. The zero-order chi connectivity index (χ0) is 19.4. The van der Waals surface area contributed by atoms with Crippen LogP contribution in [0.1, 0.15) is 90.9 Å². The second kappa shape index (κ2) is 9.09. The number of carbonyl (C=O) groups is 2. The third-order valence-electron chi connectivity index (χ3n) is 6.25. The van der Waals surface area contributed by atoms with Gasteiger partial charge in [-0.1, -0.05) is 0 Å². The number of rotatable bonds is 7. The molecule has 1 unspecified atom stereocenters. The van der Waals surface area contributed by atoms with E-state index in [-0.39, 0.29) is 16.2 Å². The van der Waals surface area contributed by atoms with Crippen LogP contribution in [0.25, 0.3) is 0 Å². The molecule has 0 radical (unpaired) electrons. The molecule has 0 aromatic rings. The van der Waals surface area contributed by atoms with Crippen LogP contribution in [0.4, 0.5) is 0 Å². The van der Waals surface area contributed by atoms with Crippen LogP contribution in [0.5, 0.6) is 0 Å². The van der Waals surface area contributed by atoms with Gasteiger partial charge < -0.3 is 0 Å². The van der Waals surface area contributed by atoms with Crippen molar-refractivity contribution in [2.75, 3.05) is 0 Å². The summed E-state index contributed by atoms with van der Waals surface area (Å²) in [6.45, 7) is 3.95. The van der Waals surface area contributed by atoms with E-state index in [1.54, 1.807) is 11.1 Å². The molecule has 0 saturated heterocycles. The van der Waals surface area contributed by atoms with Gasteiger partial charge in [0.15, 0.2) is 0 Å². The summed E-state index contributed by atoms with van der Waals surface area (Å²) in [6, 6.07) is 0. The molecule has 0 spiro atoms. The molecule has 0 saturated carbocycles. The number of carbonyl (C=O) groups excluding carboxylic acids is 2. The molecule has 0 fully saturated rings. The third-order valence-corrected chi connectivity index (χ3v) is 11.2. The number of fused-ring (bicyclic) bond motifs is 1. The maximum atomic E-state index is 12.4. The van der Waals surface area contributed by atoms with E-state index in [1.165, 1.54) is 36.8 Å². The molecule has 3 aliphatic carbocycles. The SMILES string of the molecule is CCCC(=O)[O][Ti]([CH3])([O]C(=O)CCC)[CH]1CCCC2=C1CC1=C2CCCC1. The van der Waals surface area contributed by atoms with Crippen molar-refractivity contribution in [2.24, 2.45) is 0 Å². The molecule has 3 aliphatic rings. The van der Waals surface area contributed by atoms with Crippen molar-refractivity contribution in [3.63, 3.8) is 0 Å². The summed E-state index contributed by atoms with van der Waals surface area (Å²) in [6.07, 6.45) is 11.6. The summed E-state index contributed by atoms with van der Waals surface area (Å²) < 4.78 is 12.3. The Bertz CT molecular complexity index is 641. The predicted octanol–water partition coefficient (Wildman–Crippen LogP) is 6.25. The van der Waals surface area contributed by atoms with Crippen LogP contribution in [-0.4, -0.2) is 11.9 Å². The average molecular weight is 410 g/mol. The first-order chi connectivity index (χ1) is 13.0. The summed E-state index contributed by atoms with van der Waals surface area (Å²) in [7, 11) is 0. The van der Waals surface area contributed by atoms with Crippen LogP contribution in [0.2, 0.25) is 9.45 Å². The Morgan fingerprint density at radius 1 is 0.926 bits per heavy atom. The monoisotopic (exact) mass is 410 g/mol. The molecular formula is C22H34O4Ti. The van der Waals surface area contributed by atoms with Gasteiger partial charge in [-0.2, -0.15) is 0 Å². The van der Waals surface area contributed by atoms with Crippen LogP contribution in [0.3, 0.4) is 0 Å². The molecule has 0 aliphatic heterocycles. The van der Waals surface area contributed by atoms with E-state index >= 15 is 0 Å². The zero-order valence-electron chi connectivity index (χ0n) is 17.2. The summed E-state index contributed by atoms with van der Waals surface area (Å²) in [4.78, 5) is 24.8.